The van der Waals surface area contributed by atoms with Crippen molar-refractivity contribution in [3.05, 3.63) is 24.8 Å². The molecule has 3 rings (SSSR count). The summed E-state index contributed by atoms with van der Waals surface area (Å²) in [4.78, 5) is 9.25. The predicted molar refractivity (Wildman–Crippen MR) is 59.4 cm³/mol. The molecule has 2 fully saturated rings. The van der Waals surface area contributed by atoms with Gasteiger partial charge >= 0.3 is 5.97 Å². The number of aliphatic carboxylic acids is 1. The van der Waals surface area contributed by atoms with E-state index >= 15 is 0 Å². The lowest BCUT2D eigenvalue weighted by molar-refractivity contribution is -0.131. The van der Waals surface area contributed by atoms with Crippen molar-refractivity contribution in [2.24, 2.45) is 23.7 Å². The number of carbonyl (C=O) groups is 1. The van der Waals surface area contributed by atoms with Gasteiger partial charge in [0.2, 0.25) is 0 Å². The van der Waals surface area contributed by atoms with E-state index < -0.39 is 5.97 Å². The third kappa shape index (κ3) is 1.99. The number of rotatable bonds is 1. The van der Waals surface area contributed by atoms with Gasteiger partial charge in [-0.15, -0.1) is 0 Å². The molecule has 2 heteroatoms. The molecule has 0 radical (unpaired) electrons. The zero-order valence-corrected chi connectivity index (χ0v) is 8.93. The highest BCUT2D eigenvalue weighted by atomic mass is 16.4. The van der Waals surface area contributed by atoms with Crippen LogP contribution in [-0.4, -0.2) is 11.1 Å². The lowest BCUT2D eigenvalue weighted by atomic mass is 9.86. The molecule has 0 aromatic carbocycles. The SMILES string of the molecule is C1=CC2CC1C1CCCC21.C=CC(=O)O. The molecule has 0 amide bonds. The summed E-state index contributed by atoms with van der Waals surface area (Å²) in [6.07, 6.45) is 11.9. The quantitative estimate of drug-likeness (QED) is 0.529. The first-order chi connectivity index (χ1) is 7.22. The highest BCUT2D eigenvalue weighted by Gasteiger charge is 2.46. The van der Waals surface area contributed by atoms with Gasteiger partial charge in [0.1, 0.15) is 0 Å². The van der Waals surface area contributed by atoms with Crippen molar-refractivity contribution in [1.29, 1.82) is 0 Å². The second-order valence-electron chi connectivity index (χ2n) is 4.75. The molecule has 0 aromatic rings. The van der Waals surface area contributed by atoms with Gasteiger partial charge in [-0.2, -0.15) is 0 Å². The Bertz CT molecular complexity index is 275. The fourth-order valence-corrected chi connectivity index (χ4v) is 3.47. The van der Waals surface area contributed by atoms with Crippen LogP contribution in [0.4, 0.5) is 0 Å². The van der Waals surface area contributed by atoms with Gasteiger partial charge in [-0.05, 0) is 42.9 Å². The second-order valence-corrected chi connectivity index (χ2v) is 4.75. The molecule has 0 spiro atoms. The Morgan fingerprint density at radius 1 is 1.27 bits per heavy atom. The standard InChI is InChI=1S/C10H14.C3H4O2/c1-2-9-7-4-5-8(6-7)10(9)3-1;1-2-3(4)5/h4-5,7-10H,1-3,6H2;2H,1H2,(H,4,5). The number of allylic oxidation sites excluding steroid dienone is 2. The minimum absolute atomic E-state index is 0.833. The molecular formula is C13H18O2. The third-order valence-electron chi connectivity index (χ3n) is 4.05. The Hall–Kier alpha value is -1.05. The zero-order chi connectivity index (χ0) is 10.8. The maximum Gasteiger partial charge on any atom is 0.327 e. The summed E-state index contributed by atoms with van der Waals surface area (Å²) in [7, 11) is 0. The Kier molecular flexibility index (Phi) is 2.94. The average molecular weight is 206 g/mol. The fraction of sp³-hybridized carbons (Fsp3) is 0.615. The third-order valence-corrected chi connectivity index (χ3v) is 4.05. The van der Waals surface area contributed by atoms with Gasteiger partial charge in [0.15, 0.2) is 0 Å². The Morgan fingerprint density at radius 2 is 1.73 bits per heavy atom. The molecule has 0 saturated heterocycles. The number of carboxylic acids is 1. The number of carboxylic acid groups (broad SMARTS) is 1. The summed E-state index contributed by atoms with van der Waals surface area (Å²) < 4.78 is 0. The molecule has 3 aliphatic rings. The first-order valence-electron chi connectivity index (χ1n) is 5.76. The predicted octanol–water partition coefficient (Wildman–Crippen LogP) is 2.87. The fourth-order valence-electron chi connectivity index (χ4n) is 3.47. The molecule has 0 aliphatic heterocycles. The molecule has 1 N–H and O–H groups in total. The van der Waals surface area contributed by atoms with Crippen molar-refractivity contribution in [1.82, 2.24) is 0 Å². The Morgan fingerprint density at radius 3 is 2.13 bits per heavy atom. The van der Waals surface area contributed by atoms with Gasteiger partial charge in [-0.1, -0.05) is 25.2 Å². The minimum atomic E-state index is -0.981. The molecule has 4 unspecified atom stereocenters. The average Bonchev–Trinajstić information content (AvgIpc) is 2.91. The number of hydrogen-bond acceptors (Lipinski definition) is 1. The monoisotopic (exact) mass is 206 g/mol. The molecule has 15 heavy (non-hydrogen) atoms. The van der Waals surface area contributed by atoms with E-state index in [0.717, 1.165) is 29.7 Å². The summed E-state index contributed by atoms with van der Waals surface area (Å²) in [6, 6.07) is 0. The normalized spacial score (nSPS) is 39.5. The smallest absolute Gasteiger partial charge is 0.327 e. The molecule has 0 aromatic heterocycles. The van der Waals surface area contributed by atoms with Crippen LogP contribution in [0.2, 0.25) is 0 Å². The Balaban J connectivity index is 0.000000149. The van der Waals surface area contributed by atoms with Crippen molar-refractivity contribution in [3.63, 3.8) is 0 Å². The van der Waals surface area contributed by atoms with Crippen LogP contribution in [0.25, 0.3) is 0 Å². The van der Waals surface area contributed by atoms with Gasteiger partial charge in [-0.25, -0.2) is 4.79 Å². The summed E-state index contributed by atoms with van der Waals surface area (Å²) in [6.45, 7) is 2.96. The van der Waals surface area contributed by atoms with Gasteiger partial charge in [0.25, 0.3) is 0 Å². The maximum absolute atomic E-state index is 9.25. The van der Waals surface area contributed by atoms with Crippen LogP contribution in [0.1, 0.15) is 25.7 Å². The van der Waals surface area contributed by atoms with Crippen LogP contribution >= 0.6 is 0 Å². The van der Waals surface area contributed by atoms with Crippen LogP contribution in [0.3, 0.4) is 0 Å². The molecule has 2 nitrogen and oxygen atoms in total. The van der Waals surface area contributed by atoms with Crippen LogP contribution in [-0.2, 0) is 4.79 Å². The Labute approximate surface area is 90.7 Å². The first kappa shape index (κ1) is 10.5. The molecule has 2 bridgehead atoms. The van der Waals surface area contributed by atoms with Crippen molar-refractivity contribution in [2.75, 3.05) is 0 Å². The summed E-state index contributed by atoms with van der Waals surface area (Å²) in [5.74, 6) is 3.28. The van der Waals surface area contributed by atoms with E-state index in [1.54, 1.807) is 0 Å². The van der Waals surface area contributed by atoms with Gasteiger partial charge < -0.3 is 5.11 Å². The van der Waals surface area contributed by atoms with Crippen LogP contribution < -0.4 is 0 Å². The lowest BCUT2D eigenvalue weighted by Gasteiger charge is -2.19. The first-order valence-corrected chi connectivity index (χ1v) is 5.76. The largest absolute Gasteiger partial charge is 0.478 e. The highest BCUT2D eigenvalue weighted by Crippen LogP contribution is 2.55. The number of fused-ring (bicyclic) bond motifs is 5. The zero-order valence-electron chi connectivity index (χ0n) is 8.93. The molecule has 4 atom stereocenters. The van der Waals surface area contributed by atoms with Crippen molar-refractivity contribution >= 4 is 5.97 Å². The van der Waals surface area contributed by atoms with Crippen LogP contribution in [0.15, 0.2) is 24.8 Å². The topological polar surface area (TPSA) is 37.3 Å². The van der Waals surface area contributed by atoms with Crippen LogP contribution in [0, 0.1) is 23.7 Å². The van der Waals surface area contributed by atoms with Gasteiger partial charge in [0, 0.05) is 6.08 Å². The van der Waals surface area contributed by atoms with E-state index in [9.17, 15) is 4.79 Å². The van der Waals surface area contributed by atoms with E-state index in [0.29, 0.717) is 0 Å². The molecule has 2 saturated carbocycles. The van der Waals surface area contributed by atoms with Gasteiger partial charge in [0.05, 0.1) is 0 Å². The summed E-state index contributed by atoms with van der Waals surface area (Å²) >= 11 is 0. The van der Waals surface area contributed by atoms with E-state index in [1.807, 2.05) is 0 Å². The van der Waals surface area contributed by atoms with E-state index in [1.165, 1.54) is 25.7 Å². The summed E-state index contributed by atoms with van der Waals surface area (Å²) in [5, 5.41) is 7.60. The van der Waals surface area contributed by atoms with Crippen molar-refractivity contribution in [2.45, 2.75) is 25.7 Å². The van der Waals surface area contributed by atoms with E-state index in [4.69, 9.17) is 5.11 Å². The highest BCUT2D eigenvalue weighted by molar-refractivity contribution is 5.78. The van der Waals surface area contributed by atoms with Gasteiger partial charge in [-0.3, -0.25) is 0 Å². The maximum atomic E-state index is 9.25. The molecular weight excluding hydrogens is 188 g/mol. The van der Waals surface area contributed by atoms with E-state index in [-0.39, 0.29) is 0 Å². The second kappa shape index (κ2) is 4.21. The summed E-state index contributed by atoms with van der Waals surface area (Å²) in [5.41, 5.74) is 0. The molecule has 82 valence electrons. The number of hydrogen-bond donors (Lipinski definition) is 1. The van der Waals surface area contributed by atoms with Crippen molar-refractivity contribution in [3.8, 4) is 0 Å². The van der Waals surface area contributed by atoms with Crippen LogP contribution in [0.5, 0.6) is 0 Å². The molecule has 3 aliphatic carbocycles. The van der Waals surface area contributed by atoms with E-state index in [2.05, 4.69) is 18.7 Å². The minimum Gasteiger partial charge on any atom is -0.478 e. The lowest BCUT2D eigenvalue weighted by Crippen LogP contribution is -2.12. The molecule has 0 heterocycles. The van der Waals surface area contributed by atoms with Crippen molar-refractivity contribution < 1.29 is 9.90 Å².